The third kappa shape index (κ3) is 3.63. The molecule has 1 aromatic carbocycles. The average Bonchev–Trinajstić information content (AvgIpc) is 2.25. The molecule has 0 amide bonds. The van der Waals surface area contributed by atoms with E-state index in [2.05, 4.69) is 0 Å². The molecule has 0 heterocycles. The van der Waals surface area contributed by atoms with E-state index in [0.29, 0.717) is 17.2 Å². The highest BCUT2D eigenvalue weighted by atomic mass is 35.5. The van der Waals surface area contributed by atoms with Crippen LogP contribution in [0.4, 0.5) is 0 Å². The van der Waals surface area contributed by atoms with Crippen LogP contribution in [0.5, 0.6) is 5.75 Å². The van der Waals surface area contributed by atoms with Crippen LogP contribution in [0.2, 0.25) is 5.02 Å². The highest BCUT2D eigenvalue weighted by Gasteiger charge is 2.21. The average molecular weight is 257 g/mol. The predicted octanol–water partition coefficient (Wildman–Crippen LogP) is 3.25. The first-order chi connectivity index (χ1) is 7.95. The summed E-state index contributed by atoms with van der Waals surface area (Å²) in [4.78, 5) is 11.1. The Morgan fingerprint density at radius 2 is 2.12 bits per heavy atom. The van der Waals surface area contributed by atoms with Crippen LogP contribution >= 0.6 is 11.6 Å². The second-order valence-corrected chi connectivity index (χ2v) is 4.77. The Kier molecular flexibility index (Phi) is 4.82. The molecule has 0 aromatic heterocycles. The standard InChI is InChI=1S/C13H17ClO3/c1-8(2)10(13(15)16)6-9-4-5-12(17-3)11(14)7-9/h4-5,7-8,10H,6H2,1-3H3,(H,15,16). The zero-order valence-corrected chi connectivity index (χ0v) is 11.0. The maximum absolute atomic E-state index is 11.1. The fourth-order valence-corrected chi connectivity index (χ4v) is 1.98. The van der Waals surface area contributed by atoms with E-state index in [1.54, 1.807) is 19.2 Å². The maximum atomic E-state index is 11.1. The Hall–Kier alpha value is -1.22. The number of carboxylic acids is 1. The second kappa shape index (κ2) is 5.92. The molecule has 1 aromatic rings. The monoisotopic (exact) mass is 256 g/mol. The smallest absolute Gasteiger partial charge is 0.307 e. The number of carboxylic acid groups (broad SMARTS) is 1. The molecule has 1 rings (SSSR count). The van der Waals surface area contributed by atoms with E-state index >= 15 is 0 Å². The fraction of sp³-hybridized carbons (Fsp3) is 0.462. The summed E-state index contributed by atoms with van der Waals surface area (Å²) >= 11 is 6.00. The maximum Gasteiger partial charge on any atom is 0.307 e. The van der Waals surface area contributed by atoms with Crippen molar-refractivity contribution in [1.82, 2.24) is 0 Å². The van der Waals surface area contributed by atoms with Crippen molar-refractivity contribution in [2.75, 3.05) is 7.11 Å². The van der Waals surface area contributed by atoms with Gasteiger partial charge in [-0.1, -0.05) is 31.5 Å². The van der Waals surface area contributed by atoms with Gasteiger partial charge in [0.1, 0.15) is 5.75 Å². The van der Waals surface area contributed by atoms with Gasteiger partial charge in [0.15, 0.2) is 0 Å². The molecule has 0 radical (unpaired) electrons. The lowest BCUT2D eigenvalue weighted by Gasteiger charge is -2.16. The van der Waals surface area contributed by atoms with Gasteiger partial charge in [0.05, 0.1) is 18.1 Å². The minimum absolute atomic E-state index is 0.0911. The number of methoxy groups -OCH3 is 1. The number of hydrogen-bond donors (Lipinski definition) is 1. The highest BCUT2D eigenvalue weighted by Crippen LogP contribution is 2.27. The van der Waals surface area contributed by atoms with Crippen molar-refractivity contribution >= 4 is 17.6 Å². The molecule has 0 saturated heterocycles. The predicted molar refractivity (Wildman–Crippen MR) is 67.7 cm³/mol. The topological polar surface area (TPSA) is 46.5 Å². The summed E-state index contributed by atoms with van der Waals surface area (Å²) in [6, 6.07) is 5.37. The number of hydrogen-bond acceptors (Lipinski definition) is 2. The Labute approximate surface area is 106 Å². The molecule has 1 unspecified atom stereocenters. The van der Waals surface area contributed by atoms with Gasteiger partial charge < -0.3 is 9.84 Å². The summed E-state index contributed by atoms with van der Waals surface area (Å²) in [6.45, 7) is 3.81. The molecular formula is C13H17ClO3. The lowest BCUT2D eigenvalue weighted by atomic mass is 9.89. The number of halogens is 1. The van der Waals surface area contributed by atoms with Crippen molar-refractivity contribution < 1.29 is 14.6 Å². The third-order valence-corrected chi connectivity index (χ3v) is 3.09. The van der Waals surface area contributed by atoms with Crippen LogP contribution in [-0.2, 0) is 11.2 Å². The van der Waals surface area contributed by atoms with Gasteiger partial charge in [0, 0.05) is 0 Å². The Morgan fingerprint density at radius 1 is 1.47 bits per heavy atom. The highest BCUT2D eigenvalue weighted by molar-refractivity contribution is 6.32. The molecule has 0 aliphatic rings. The van der Waals surface area contributed by atoms with Crippen LogP contribution in [0.25, 0.3) is 0 Å². The zero-order chi connectivity index (χ0) is 13.0. The van der Waals surface area contributed by atoms with E-state index < -0.39 is 5.97 Å². The van der Waals surface area contributed by atoms with Crippen LogP contribution in [0.15, 0.2) is 18.2 Å². The van der Waals surface area contributed by atoms with Crippen LogP contribution in [-0.4, -0.2) is 18.2 Å². The molecule has 94 valence electrons. The summed E-state index contributed by atoms with van der Waals surface area (Å²) < 4.78 is 5.05. The summed E-state index contributed by atoms with van der Waals surface area (Å²) in [6.07, 6.45) is 0.483. The van der Waals surface area contributed by atoms with Crippen molar-refractivity contribution in [3.63, 3.8) is 0 Å². The van der Waals surface area contributed by atoms with Gasteiger partial charge in [0.25, 0.3) is 0 Å². The molecule has 17 heavy (non-hydrogen) atoms. The van der Waals surface area contributed by atoms with Crippen molar-refractivity contribution in [1.29, 1.82) is 0 Å². The van der Waals surface area contributed by atoms with Crippen molar-refractivity contribution in [3.05, 3.63) is 28.8 Å². The van der Waals surface area contributed by atoms with Gasteiger partial charge in [-0.05, 0) is 30.0 Å². The minimum Gasteiger partial charge on any atom is -0.495 e. The van der Waals surface area contributed by atoms with Gasteiger partial charge in [0.2, 0.25) is 0 Å². The largest absolute Gasteiger partial charge is 0.495 e. The molecule has 0 bridgehead atoms. The first kappa shape index (κ1) is 13.8. The van der Waals surface area contributed by atoms with Crippen LogP contribution in [0.1, 0.15) is 19.4 Å². The van der Waals surface area contributed by atoms with Crippen LogP contribution in [0, 0.1) is 11.8 Å². The van der Waals surface area contributed by atoms with Crippen molar-refractivity contribution in [2.24, 2.45) is 11.8 Å². The summed E-state index contributed by atoms with van der Waals surface area (Å²) in [5.41, 5.74) is 0.914. The molecule has 0 aliphatic heterocycles. The van der Waals surface area contributed by atoms with E-state index in [4.69, 9.17) is 21.4 Å². The Morgan fingerprint density at radius 3 is 2.53 bits per heavy atom. The summed E-state index contributed by atoms with van der Waals surface area (Å²) in [7, 11) is 1.55. The van der Waals surface area contributed by atoms with Gasteiger partial charge in [-0.2, -0.15) is 0 Å². The summed E-state index contributed by atoms with van der Waals surface area (Å²) in [5.74, 6) is -0.466. The molecule has 0 fully saturated rings. The number of benzene rings is 1. The van der Waals surface area contributed by atoms with Gasteiger partial charge in [-0.15, -0.1) is 0 Å². The first-order valence-corrected chi connectivity index (χ1v) is 5.88. The molecular weight excluding hydrogens is 240 g/mol. The number of aliphatic carboxylic acids is 1. The number of carbonyl (C=O) groups is 1. The molecule has 0 saturated carbocycles. The number of rotatable bonds is 5. The lowest BCUT2D eigenvalue weighted by Crippen LogP contribution is -2.22. The molecule has 1 N–H and O–H groups in total. The van der Waals surface area contributed by atoms with Crippen LogP contribution < -0.4 is 4.74 Å². The molecule has 3 nitrogen and oxygen atoms in total. The van der Waals surface area contributed by atoms with E-state index in [9.17, 15) is 4.79 Å². The minimum atomic E-state index is -0.771. The molecule has 0 aliphatic carbocycles. The van der Waals surface area contributed by atoms with Gasteiger partial charge >= 0.3 is 5.97 Å². The molecule has 0 spiro atoms. The summed E-state index contributed by atoms with van der Waals surface area (Å²) in [5, 5.41) is 9.63. The lowest BCUT2D eigenvalue weighted by molar-refractivity contribution is -0.143. The Balaban J connectivity index is 2.87. The van der Waals surface area contributed by atoms with E-state index in [0.717, 1.165) is 5.56 Å². The van der Waals surface area contributed by atoms with Gasteiger partial charge in [-0.25, -0.2) is 0 Å². The molecule has 1 atom stereocenters. The van der Waals surface area contributed by atoms with E-state index in [1.165, 1.54) is 0 Å². The Bertz CT molecular complexity index is 402. The zero-order valence-electron chi connectivity index (χ0n) is 10.2. The van der Waals surface area contributed by atoms with Gasteiger partial charge in [-0.3, -0.25) is 4.79 Å². The SMILES string of the molecule is COc1ccc(CC(C(=O)O)C(C)C)cc1Cl. The quantitative estimate of drug-likeness (QED) is 0.880. The van der Waals surface area contributed by atoms with E-state index in [-0.39, 0.29) is 11.8 Å². The van der Waals surface area contributed by atoms with E-state index in [1.807, 2.05) is 19.9 Å². The van der Waals surface area contributed by atoms with Crippen molar-refractivity contribution in [3.8, 4) is 5.75 Å². The first-order valence-electron chi connectivity index (χ1n) is 5.51. The third-order valence-electron chi connectivity index (χ3n) is 2.79. The fourth-order valence-electron chi connectivity index (χ4n) is 1.70. The normalized spacial score (nSPS) is 12.5. The second-order valence-electron chi connectivity index (χ2n) is 4.36. The number of ether oxygens (including phenoxy) is 1. The molecule has 4 heteroatoms. The van der Waals surface area contributed by atoms with Crippen LogP contribution in [0.3, 0.4) is 0 Å². The van der Waals surface area contributed by atoms with Crippen molar-refractivity contribution in [2.45, 2.75) is 20.3 Å².